The van der Waals surface area contributed by atoms with E-state index in [1.807, 2.05) is 13.0 Å². The zero-order chi connectivity index (χ0) is 15.0. The number of non-ortho nitro benzene ring substituents is 1. The molecule has 1 aromatic rings. The van der Waals surface area contributed by atoms with Crippen molar-refractivity contribution in [3.8, 4) is 0 Å². The molecule has 0 saturated heterocycles. The average Bonchev–Trinajstić information content (AvgIpc) is 2.42. The Morgan fingerprint density at radius 2 is 2.05 bits per heavy atom. The van der Waals surface area contributed by atoms with Gasteiger partial charge in [0.25, 0.3) is 5.69 Å². The Balaban J connectivity index is 2.84. The zero-order valence-electron chi connectivity index (χ0n) is 10.9. The standard InChI is InChI=1S/C12H14N4O4/c1-2-3-4-5-8-13-14-11-7-6-10(15(17)18)9-12(11)16(19)20/h4-9,14H,2-3H2,1H3. The second kappa shape index (κ2) is 7.62. The third kappa shape index (κ3) is 4.48. The molecule has 0 saturated carbocycles. The molecule has 0 amide bonds. The lowest BCUT2D eigenvalue weighted by Gasteiger charge is -2.01. The van der Waals surface area contributed by atoms with Gasteiger partial charge in [-0.25, -0.2) is 0 Å². The molecule has 0 aromatic heterocycles. The van der Waals surface area contributed by atoms with Crippen LogP contribution in [0.15, 0.2) is 35.5 Å². The molecule has 0 aliphatic heterocycles. The molecule has 0 unspecified atom stereocenters. The number of allylic oxidation sites excluding steroid dienone is 2. The Bertz CT molecular complexity index is 554. The molecule has 0 bridgehead atoms. The van der Waals surface area contributed by atoms with Crippen LogP contribution < -0.4 is 5.43 Å². The molecule has 0 fully saturated rings. The highest BCUT2D eigenvalue weighted by Gasteiger charge is 2.18. The molecule has 0 aliphatic carbocycles. The minimum atomic E-state index is -0.697. The highest BCUT2D eigenvalue weighted by atomic mass is 16.6. The Hall–Kier alpha value is -2.77. The molecule has 1 aromatic carbocycles. The molecule has 8 nitrogen and oxygen atoms in total. The first-order valence-corrected chi connectivity index (χ1v) is 5.93. The molecule has 0 spiro atoms. The predicted octanol–water partition coefficient (Wildman–Crippen LogP) is 3.26. The minimum Gasteiger partial charge on any atom is -0.272 e. The number of benzene rings is 1. The lowest BCUT2D eigenvalue weighted by molar-refractivity contribution is -0.393. The monoisotopic (exact) mass is 278 g/mol. The maximum Gasteiger partial charge on any atom is 0.301 e. The second-order valence-corrected chi connectivity index (χ2v) is 3.82. The smallest absolute Gasteiger partial charge is 0.272 e. The van der Waals surface area contributed by atoms with E-state index in [1.54, 1.807) is 6.08 Å². The van der Waals surface area contributed by atoms with Gasteiger partial charge in [-0.05, 0) is 18.6 Å². The average molecular weight is 278 g/mol. The first-order chi connectivity index (χ1) is 9.56. The van der Waals surface area contributed by atoms with Crippen LogP contribution in [-0.4, -0.2) is 16.1 Å². The summed E-state index contributed by atoms with van der Waals surface area (Å²) in [7, 11) is 0. The van der Waals surface area contributed by atoms with Gasteiger partial charge in [-0.2, -0.15) is 5.10 Å². The maximum atomic E-state index is 10.8. The predicted molar refractivity (Wildman–Crippen MR) is 75.9 cm³/mol. The highest BCUT2D eigenvalue weighted by molar-refractivity contribution is 5.73. The summed E-state index contributed by atoms with van der Waals surface area (Å²) in [4.78, 5) is 20.0. The molecule has 106 valence electrons. The van der Waals surface area contributed by atoms with Crippen molar-refractivity contribution in [1.29, 1.82) is 0 Å². The quantitative estimate of drug-likeness (QED) is 0.467. The topological polar surface area (TPSA) is 111 Å². The number of rotatable bonds is 7. The van der Waals surface area contributed by atoms with E-state index in [9.17, 15) is 20.2 Å². The van der Waals surface area contributed by atoms with Gasteiger partial charge in [-0.3, -0.25) is 25.7 Å². The number of hydrogen-bond donors (Lipinski definition) is 1. The van der Waals surface area contributed by atoms with E-state index < -0.39 is 15.5 Å². The molecule has 0 heterocycles. The van der Waals surface area contributed by atoms with Crippen molar-refractivity contribution in [3.05, 3.63) is 50.6 Å². The summed E-state index contributed by atoms with van der Waals surface area (Å²) in [6.45, 7) is 2.04. The third-order valence-electron chi connectivity index (χ3n) is 2.33. The number of nitro benzene ring substituents is 2. The summed E-state index contributed by atoms with van der Waals surface area (Å²) >= 11 is 0. The van der Waals surface area contributed by atoms with Gasteiger partial charge in [0.1, 0.15) is 5.69 Å². The second-order valence-electron chi connectivity index (χ2n) is 3.82. The molecule has 8 heteroatoms. The third-order valence-corrected chi connectivity index (χ3v) is 2.33. The van der Waals surface area contributed by atoms with Crippen LogP contribution in [0.2, 0.25) is 0 Å². The fourth-order valence-electron chi connectivity index (χ4n) is 1.35. The van der Waals surface area contributed by atoms with Crippen LogP contribution in [0.5, 0.6) is 0 Å². The van der Waals surface area contributed by atoms with Gasteiger partial charge in [0.2, 0.25) is 0 Å². The van der Waals surface area contributed by atoms with Crippen molar-refractivity contribution >= 4 is 23.3 Å². The van der Waals surface area contributed by atoms with Crippen molar-refractivity contribution in [1.82, 2.24) is 0 Å². The van der Waals surface area contributed by atoms with Crippen LogP contribution in [0.25, 0.3) is 0 Å². The first-order valence-electron chi connectivity index (χ1n) is 5.93. The fourth-order valence-corrected chi connectivity index (χ4v) is 1.35. The molecule has 0 radical (unpaired) electrons. The molecular weight excluding hydrogens is 264 g/mol. The van der Waals surface area contributed by atoms with Gasteiger partial charge in [-0.15, -0.1) is 0 Å². The van der Waals surface area contributed by atoms with Crippen molar-refractivity contribution in [2.24, 2.45) is 5.10 Å². The Labute approximate surface area is 115 Å². The highest BCUT2D eigenvalue weighted by Crippen LogP contribution is 2.28. The summed E-state index contributed by atoms with van der Waals surface area (Å²) in [5, 5.41) is 25.2. The summed E-state index contributed by atoms with van der Waals surface area (Å²) < 4.78 is 0. The number of nitrogens with zero attached hydrogens (tertiary/aromatic N) is 3. The fraction of sp³-hybridized carbons (Fsp3) is 0.250. The number of nitro groups is 2. The number of unbranched alkanes of at least 4 members (excludes halogenated alkanes) is 1. The van der Waals surface area contributed by atoms with Crippen molar-refractivity contribution in [3.63, 3.8) is 0 Å². The van der Waals surface area contributed by atoms with Crippen LogP contribution in [0.1, 0.15) is 19.8 Å². The van der Waals surface area contributed by atoms with Gasteiger partial charge >= 0.3 is 5.69 Å². The van der Waals surface area contributed by atoms with Crippen LogP contribution in [-0.2, 0) is 0 Å². The number of hydrazone groups is 1. The molecule has 20 heavy (non-hydrogen) atoms. The summed E-state index contributed by atoms with van der Waals surface area (Å²) in [6, 6.07) is 3.33. The van der Waals surface area contributed by atoms with E-state index in [4.69, 9.17) is 0 Å². The first kappa shape index (κ1) is 15.3. The Kier molecular flexibility index (Phi) is 5.82. The van der Waals surface area contributed by atoms with Crippen LogP contribution >= 0.6 is 0 Å². The molecule has 1 N–H and O–H groups in total. The lowest BCUT2D eigenvalue weighted by Crippen LogP contribution is -1.98. The van der Waals surface area contributed by atoms with Crippen LogP contribution in [0.3, 0.4) is 0 Å². The van der Waals surface area contributed by atoms with Gasteiger partial charge in [0, 0.05) is 12.3 Å². The van der Waals surface area contributed by atoms with E-state index >= 15 is 0 Å². The minimum absolute atomic E-state index is 0.0979. The maximum absolute atomic E-state index is 10.8. The molecule has 1 rings (SSSR count). The van der Waals surface area contributed by atoms with Crippen LogP contribution in [0, 0.1) is 20.2 Å². The van der Waals surface area contributed by atoms with Gasteiger partial charge < -0.3 is 0 Å². The van der Waals surface area contributed by atoms with Gasteiger partial charge in [0.15, 0.2) is 0 Å². The number of anilines is 1. The largest absolute Gasteiger partial charge is 0.301 e. The molecular formula is C12H14N4O4. The zero-order valence-corrected chi connectivity index (χ0v) is 10.9. The van der Waals surface area contributed by atoms with E-state index in [2.05, 4.69) is 10.5 Å². The van der Waals surface area contributed by atoms with Crippen molar-refractivity contribution in [2.75, 3.05) is 5.43 Å². The van der Waals surface area contributed by atoms with Crippen molar-refractivity contribution in [2.45, 2.75) is 19.8 Å². The SMILES string of the molecule is CCCC=CC=NNc1ccc([N+](=O)[O-])cc1[N+](=O)[O-]. The van der Waals surface area contributed by atoms with Crippen molar-refractivity contribution < 1.29 is 9.85 Å². The van der Waals surface area contributed by atoms with E-state index in [0.29, 0.717) is 0 Å². The lowest BCUT2D eigenvalue weighted by atomic mass is 10.2. The summed E-state index contributed by atoms with van der Waals surface area (Å²) in [6.07, 6.45) is 7.03. The molecule has 0 aliphatic rings. The molecule has 0 atom stereocenters. The van der Waals surface area contributed by atoms with E-state index in [1.165, 1.54) is 18.3 Å². The van der Waals surface area contributed by atoms with Gasteiger partial charge in [0.05, 0.1) is 15.9 Å². The van der Waals surface area contributed by atoms with Gasteiger partial charge in [-0.1, -0.05) is 19.4 Å². The Morgan fingerprint density at radius 1 is 1.30 bits per heavy atom. The van der Waals surface area contributed by atoms with E-state index in [0.717, 1.165) is 18.9 Å². The van der Waals surface area contributed by atoms with E-state index in [-0.39, 0.29) is 11.4 Å². The van der Waals surface area contributed by atoms with Crippen LogP contribution in [0.4, 0.5) is 17.1 Å². The summed E-state index contributed by atoms with van der Waals surface area (Å²) in [5.41, 5.74) is 1.86. The summed E-state index contributed by atoms with van der Waals surface area (Å²) in [5.74, 6) is 0. The Morgan fingerprint density at radius 3 is 2.65 bits per heavy atom. The number of hydrogen-bond acceptors (Lipinski definition) is 6. The number of nitrogens with one attached hydrogen (secondary N) is 1. The normalized spacial score (nSPS) is 11.1.